The van der Waals surface area contributed by atoms with Gasteiger partial charge in [0.1, 0.15) is 0 Å². The quantitative estimate of drug-likeness (QED) is 0.279. The normalized spacial score (nSPS) is 20.9. The number of hydrogen-bond acceptors (Lipinski definition) is 4. The van der Waals surface area contributed by atoms with Crippen LogP contribution in [-0.2, 0) is 0 Å². The van der Waals surface area contributed by atoms with Gasteiger partial charge in [0.2, 0.25) is 5.96 Å². The number of rotatable bonds is 1. The average molecular weight is 248 g/mol. The maximum absolute atomic E-state index is 6.10. The first-order chi connectivity index (χ1) is 8.74. The fourth-order valence-electron chi connectivity index (χ4n) is 2.12. The van der Waals surface area contributed by atoms with E-state index >= 15 is 0 Å². The molecular formula is C12H20N6. The van der Waals surface area contributed by atoms with Crippen molar-refractivity contribution in [1.29, 1.82) is 0 Å². The molecule has 5 N–H and O–H groups in total. The number of nitrogens with zero attached hydrogens (tertiary/aromatic N) is 3. The molecule has 1 aliphatic rings. The van der Waals surface area contributed by atoms with Gasteiger partial charge in [0, 0.05) is 25.7 Å². The van der Waals surface area contributed by atoms with E-state index in [9.17, 15) is 0 Å². The van der Waals surface area contributed by atoms with Gasteiger partial charge in [0.25, 0.3) is 0 Å². The number of guanidine groups is 1. The summed E-state index contributed by atoms with van der Waals surface area (Å²) in [5, 5.41) is 8.71. The van der Waals surface area contributed by atoms with Crippen molar-refractivity contribution in [3.05, 3.63) is 30.3 Å². The lowest BCUT2D eigenvalue weighted by molar-refractivity contribution is 0.269. The standard InChI is InChI=1S/C12H20N6/c1-10-9-15-7-8-17(10)12(16-13)18(14)11-5-3-2-4-6-11/h2-6,10,15H,7-9,13-14H2,1H3/b16-12-/t10-/m1/s1. The maximum atomic E-state index is 6.10. The van der Waals surface area contributed by atoms with Gasteiger partial charge in [0.15, 0.2) is 0 Å². The highest BCUT2D eigenvalue weighted by Crippen LogP contribution is 2.13. The van der Waals surface area contributed by atoms with Crippen LogP contribution < -0.4 is 22.0 Å². The molecule has 0 bridgehead atoms. The first-order valence-electron chi connectivity index (χ1n) is 6.09. The Morgan fingerprint density at radius 1 is 1.44 bits per heavy atom. The zero-order chi connectivity index (χ0) is 13.0. The summed E-state index contributed by atoms with van der Waals surface area (Å²) < 4.78 is 0. The molecule has 98 valence electrons. The minimum atomic E-state index is 0.316. The minimum absolute atomic E-state index is 0.316. The van der Waals surface area contributed by atoms with Gasteiger partial charge in [-0.05, 0) is 19.1 Å². The SMILES string of the molecule is C[C@@H]1CNCCN1/C(=N/N)N(N)c1ccccc1. The van der Waals surface area contributed by atoms with Crippen LogP contribution in [0.15, 0.2) is 35.4 Å². The van der Waals surface area contributed by atoms with Crippen LogP contribution in [-0.4, -0.2) is 36.5 Å². The highest BCUT2D eigenvalue weighted by atomic mass is 15.5. The predicted molar refractivity (Wildman–Crippen MR) is 73.8 cm³/mol. The summed E-state index contributed by atoms with van der Waals surface area (Å²) in [6.45, 7) is 4.78. The summed E-state index contributed by atoms with van der Waals surface area (Å²) in [5.41, 5.74) is 0.868. The smallest absolute Gasteiger partial charge is 0.237 e. The average Bonchev–Trinajstić information content (AvgIpc) is 2.42. The first-order valence-corrected chi connectivity index (χ1v) is 6.09. The lowest BCUT2D eigenvalue weighted by Crippen LogP contribution is -2.58. The van der Waals surface area contributed by atoms with Crippen molar-refractivity contribution in [2.45, 2.75) is 13.0 Å². The Bertz CT molecular complexity index is 404. The zero-order valence-corrected chi connectivity index (χ0v) is 10.6. The van der Waals surface area contributed by atoms with Crippen molar-refractivity contribution < 1.29 is 0 Å². The summed E-state index contributed by atoms with van der Waals surface area (Å²) in [6, 6.07) is 9.99. The van der Waals surface area contributed by atoms with E-state index in [-0.39, 0.29) is 0 Å². The highest BCUT2D eigenvalue weighted by Gasteiger charge is 2.24. The molecule has 0 radical (unpaired) electrons. The molecule has 1 saturated heterocycles. The van der Waals surface area contributed by atoms with Crippen molar-refractivity contribution in [2.24, 2.45) is 16.8 Å². The lowest BCUT2D eigenvalue weighted by atomic mass is 10.2. The Morgan fingerprint density at radius 3 is 2.78 bits per heavy atom. The first kappa shape index (κ1) is 12.7. The highest BCUT2D eigenvalue weighted by molar-refractivity contribution is 5.95. The van der Waals surface area contributed by atoms with Crippen molar-refractivity contribution in [2.75, 3.05) is 24.6 Å². The molecule has 0 amide bonds. The summed E-state index contributed by atoms with van der Waals surface area (Å²) in [5.74, 6) is 12.2. The minimum Gasteiger partial charge on any atom is -0.335 e. The molecule has 0 spiro atoms. The summed E-state index contributed by atoms with van der Waals surface area (Å²) >= 11 is 0. The molecule has 0 aliphatic carbocycles. The number of nitrogens with two attached hydrogens (primary N) is 2. The number of para-hydroxylation sites is 1. The summed E-state index contributed by atoms with van der Waals surface area (Å²) in [7, 11) is 0. The van der Waals surface area contributed by atoms with Gasteiger partial charge in [-0.15, -0.1) is 5.10 Å². The van der Waals surface area contributed by atoms with Gasteiger partial charge < -0.3 is 16.1 Å². The molecule has 1 aromatic carbocycles. The third-order valence-electron chi connectivity index (χ3n) is 3.12. The number of nitrogens with one attached hydrogen (secondary N) is 1. The third-order valence-corrected chi connectivity index (χ3v) is 3.12. The van der Waals surface area contributed by atoms with E-state index in [4.69, 9.17) is 11.7 Å². The van der Waals surface area contributed by atoms with Crippen molar-refractivity contribution in [1.82, 2.24) is 10.2 Å². The largest absolute Gasteiger partial charge is 0.335 e. The van der Waals surface area contributed by atoms with Gasteiger partial charge in [-0.25, -0.2) is 10.9 Å². The number of benzene rings is 1. The monoisotopic (exact) mass is 248 g/mol. The Balaban J connectivity index is 2.18. The Hall–Kier alpha value is -1.79. The molecular weight excluding hydrogens is 228 g/mol. The second kappa shape index (κ2) is 5.70. The molecule has 0 unspecified atom stereocenters. The van der Waals surface area contributed by atoms with Crippen molar-refractivity contribution in [3.63, 3.8) is 0 Å². The molecule has 1 aliphatic heterocycles. The summed E-state index contributed by atoms with van der Waals surface area (Å²) in [6.07, 6.45) is 0. The molecule has 1 fully saturated rings. The van der Waals surface area contributed by atoms with Crippen LogP contribution in [0.3, 0.4) is 0 Å². The van der Waals surface area contributed by atoms with Crippen LogP contribution in [0.5, 0.6) is 0 Å². The van der Waals surface area contributed by atoms with E-state index < -0.39 is 0 Å². The van der Waals surface area contributed by atoms with E-state index in [1.54, 1.807) is 0 Å². The van der Waals surface area contributed by atoms with E-state index in [0.717, 1.165) is 25.3 Å². The maximum Gasteiger partial charge on any atom is 0.237 e. The molecule has 6 heteroatoms. The van der Waals surface area contributed by atoms with Crippen LogP contribution >= 0.6 is 0 Å². The van der Waals surface area contributed by atoms with E-state index in [1.165, 1.54) is 5.01 Å². The Kier molecular flexibility index (Phi) is 4.01. The molecule has 18 heavy (non-hydrogen) atoms. The van der Waals surface area contributed by atoms with Gasteiger partial charge in [-0.1, -0.05) is 18.2 Å². The predicted octanol–water partition coefficient (Wildman–Crippen LogP) is -0.110. The molecule has 0 aromatic heterocycles. The van der Waals surface area contributed by atoms with Gasteiger partial charge in [-0.3, -0.25) is 0 Å². The van der Waals surface area contributed by atoms with Crippen LogP contribution in [0.4, 0.5) is 5.69 Å². The molecule has 6 nitrogen and oxygen atoms in total. The van der Waals surface area contributed by atoms with Gasteiger partial charge in [-0.2, -0.15) is 0 Å². The molecule has 1 atom stereocenters. The van der Waals surface area contributed by atoms with Gasteiger partial charge in [0.05, 0.1) is 5.69 Å². The third kappa shape index (κ3) is 2.55. The summed E-state index contributed by atoms with van der Waals surface area (Å²) in [4.78, 5) is 2.11. The van der Waals surface area contributed by atoms with Crippen LogP contribution in [0.2, 0.25) is 0 Å². The fourth-order valence-corrected chi connectivity index (χ4v) is 2.12. The van der Waals surface area contributed by atoms with Crippen molar-refractivity contribution >= 4 is 11.6 Å². The lowest BCUT2D eigenvalue weighted by Gasteiger charge is -2.38. The van der Waals surface area contributed by atoms with Crippen LogP contribution in [0.25, 0.3) is 0 Å². The second-order valence-electron chi connectivity index (χ2n) is 4.38. The molecule has 1 aromatic rings. The van der Waals surface area contributed by atoms with Crippen LogP contribution in [0.1, 0.15) is 6.92 Å². The fraction of sp³-hybridized carbons (Fsp3) is 0.417. The Labute approximate surface area is 107 Å². The topological polar surface area (TPSA) is 82.9 Å². The number of hydrazine groups is 1. The van der Waals surface area contributed by atoms with E-state index in [1.807, 2.05) is 30.3 Å². The molecule has 1 heterocycles. The number of hydrazone groups is 1. The van der Waals surface area contributed by atoms with Crippen molar-refractivity contribution in [3.8, 4) is 0 Å². The molecule has 2 rings (SSSR count). The van der Waals surface area contributed by atoms with Gasteiger partial charge >= 0.3 is 0 Å². The van der Waals surface area contributed by atoms with Crippen LogP contribution in [0, 0.1) is 0 Å². The van der Waals surface area contributed by atoms with E-state index in [2.05, 4.69) is 22.2 Å². The number of hydrogen-bond donors (Lipinski definition) is 3. The van der Waals surface area contributed by atoms with E-state index in [0.29, 0.717) is 12.0 Å². The number of piperazine rings is 1. The second-order valence-corrected chi connectivity index (χ2v) is 4.38. The Morgan fingerprint density at radius 2 is 2.17 bits per heavy atom. The molecule has 0 saturated carbocycles. The zero-order valence-electron chi connectivity index (χ0n) is 10.6. The number of anilines is 1.